The van der Waals surface area contributed by atoms with E-state index in [1.54, 1.807) is 12.1 Å². The van der Waals surface area contributed by atoms with Crippen molar-refractivity contribution in [1.29, 1.82) is 0 Å². The van der Waals surface area contributed by atoms with Gasteiger partial charge in [0.15, 0.2) is 5.82 Å². The van der Waals surface area contributed by atoms with Crippen LogP contribution in [0.1, 0.15) is 0 Å². The Morgan fingerprint density at radius 1 is 1.06 bits per heavy atom. The minimum absolute atomic E-state index is 0.167. The number of fused-ring (bicyclic) bond motifs is 1. The molecule has 2 N–H and O–H groups in total. The molecule has 90 valence electrons. The number of para-hydroxylation sites is 1. The maximum Gasteiger partial charge on any atom is 0.151 e. The molecule has 0 spiro atoms. The first-order valence-electron chi connectivity index (χ1n) is 5.28. The van der Waals surface area contributed by atoms with E-state index in [2.05, 4.69) is 9.97 Å². The molecular formula is C13H8F2N2O. The van der Waals surface area contributed by atoms with Crippen LogP contribution in [-0.4, -0.2) is 15.1 Å². The lowest BCUT2D eigenvalue weighted by atomic mass is 10.2. The zero-order valence-corrected chi connectivity index (χ0v) is 9.11. The summed E-state index contributed by atoms with van der Waals surface area (Å²) in [6.45, 7) is 0. The molecule has 3 rings (SSSR count). The third kappa shape index (κ3) is 1.60. The van der Waals surface area contributed by atoms with Crippen LogP contribution in [0.4, 0.5) is 8.78 Å². The highest BCUT2D eigenvalue weighted by Gasteiger charge is 2.12. The minimum atomic E-state index is -0.616. The molecule has 0 aliphatic rings. The number of aromatic amines is 1. The quantitative estimate of drug-likeness (QED) is 0.692. The maximum atomic E-state index is 13.7. The molecule has 2 aromatic carbocycles. The van der Waals surface area contributed by atoms with Crippen LogP contribution in [0.25, 0.3) is 22.4 Å². The van der Waals surface area contributed by atoms with Gasteiger partial charge in [-0.05, 0) is 24.3 Å². The predicted molar refractivity (Wildman–Crippen MR) is 63.1 cm³/mol. The molecule has 0 unspecified atom stereocenters. The minimum Gasteiger partial charge on any atom is -0.508 e. The van der Waals surface area contributed by atoms with E-state index in [-0.39, 0.29) is 22.7 Å². The van der Waals surface area contributed by atoms with E-state index in [9.17, 15) is 8.78 Å². The first kappa shape index (κ1) is 10.7. The van der Waals surface area contributed by atoms with Gasteiger partial charge in [0.05, 0.1) is 11.1 Å². The fraction of sp³-hybridized carbons (Fsp3) is 0. The Kier molecular flexibility index (Phi) is 2.26. The monoisotopic (exact) mass is 246 g/mol. The number of nitrogens with one attached hydrogen (secondary N) is 1. The summed E-state index contributed by atoms with van der Waals surface area (Å²) in [6, 6.07) is 8.22. The summed E-state index contributed by atoms with van der Waals surface area (Å²) in [5, 5.41) is 9.14. The van der Waals surface area contributed by atoms with Crippen LogP contribution in [0, 0.1) is 11.6 Å². The highest BCUT2D eigenvalue weighted by molar-refractivity contribution is 5.80. The SMILES string of the molecule is Oc1ccc(-c2nc3c(F)cccc3[nH]2)c(F)c1. The molecule has 0 aliphatic heterocycles. The number of nitrogens with zero attached hydrogens (tertiary/aromatic N) is 1. The third-order valence-corrected chi connectivity index (χ3v) is 2.67. The molecule has 1 heterocycles. The number of aromatic nitrogens is 2. The van der Waals surface area contributed by atoms with Crippen molar-refractivity contribution in [2.24, 2.45) is 0 Å². The van der Waals surface area contributed by atoms with Gasteiger partial charge >= 0.3 is 0 Å². The highest BCUT2D eigenvalue weighted by atomic mass is 19.1. The van der Waals surface area contributed by atoms with Crippen LogP contribution >= 0.6 is 0 Å². The van der Waals surface area contributed by atoms with Crippen LogP contribution < -0.4 is 0 Å². The first-order valence-corrected chi connectivity index (χ1v) is 5.28. The van der Waals surface area contributed by atoms with Crippen molar-refractivity contribution in [2.75, 3.05) is 0 Å². The van der Waals surface area contributed by atoms with Crippen molar-refractivity contribution in [1.82, 2.24) is 9.97 Å². The molecular weight excluding hydrogens is 238 g/mol. The summed E-state index contributed by atoms with van der Waals surface area (Å²) in [5.74, 6) is -1.02. The Bertz CT molecular complexity index is 737. The van der Waals surface area contributed by atoms with Gasteiger partial charge in [0.2, 0.25) is 0 Å². The van der Waals surface area contributed by atoms with Crippen LogP contribution in [0.2, 0.25) is 0 Å². The van der Waals surface area contributed by atoms with Gasteiger partial charge in [-0.2, -0.15) is 0 Å². The number of phenolic OH excluding ortho intramolecular Hbond substituents is 1. The van der Waals surface area contributed by atoms with Crippen LogP contribution in [0.3, 0.4) is 0 Å². The van der Waals surface area contributed by atoms with E-state index in [1.165, 1.54) is 18.2 Å². The molecule has 0 atom stereocenters. The van der Waals surface area contributed by atoms with Crippen LogP contribution in [-0.2, 0) is 0 Å². The van der Waals surface area contributed by atoms with Gasteiger partial charge in [-0.25, -0.2) is 13.8 Å². The fourth-order valence-corrected chi connectivity index (χ4v) is 1.82. The van der Waals surface area contributed by atoms with E-state index in [0.29, 0.717) is 5.52 Å². The first-order chi connectivity index (χ1) is 8.65. The summed E-state index contributed by atoms with van der Waals surface area (Å²) in [6.07, 6.45) is 0. The Balaban J connectivity index is 2.23. The summed E-state index contributed by atoms with van der Waals surface area (Å²) in [5.41, 5.74) is 0.848. The normalized spacial score (nSPS) is 11.0. The summed E-state index contributed by atoms with van der Waals surface area (Å²) in [4.78, 5) is 6.86. The van der Waals surface area contributed by atoms with Crippen LogP contribution in [0.15, 0.2) is 36.4 Å². The standard InChI is InChI=1S/C13H8F2N2O/c14-9-2-1-3-11-12(9)17-13(16-11)8-5-4-7(18)6-10(8)15/h1-6,18H,(H,16,17). The zero-order valence-electron chi connectivity index (χ0n) is 9.11. The molecule has 0 amide bonds. The largest absolute Gasteiger partial charge is 0.508 e. The second-order valence-corrected chi connectivity index (χ2v) is 3.89. The topological polar surface area (TPSA) is 48.9 Å². The van der Waals surface area contributed by atoms with Crippen molar-refractivity contribution >= 4 is 11.0 Å². The molecule has 3 aromatic rings. The number of phenols is 1. The van der Waals surface area contributed by atoms with Gasteiger partial charge in [-0.3, -0.25) is 0 Å². The lowest BCUT2D eigenvalue weighted by molar-refractivity contribution is 0.469. The molecule has 0 aliphatic carbocycles. The Hall–Kier alpha value is -2.43. The van der Waals surface area contributed by atoms with Crippen molar-refractivity contribution < 1.29 is 13.9 Å². The zero-order chi connectivity index (χ0) is 12.7. The molecule has 5 heteroatoms. The number of imidazole rings is 1. The number of benzene rings is 2. The molecule has 3 nitrogen and oxygen atoms in total. The average Bonchev–Trinajstić information content (AvgIpc) is 2.74. The molecule has 0 saturated carbocycles. The predicted octanol–water partition coefficient (Wildman–Crippen LogP) is 3.21. The maximum absolute atomic E-state index is 13.7. The number of hydrogen-bond donors (Lipinski definition) is 2. The molecule has 0 bridgehead atoms. The molecule has 1 aromatic heterocycles. The van der Waals surface area contributed by atoms with Gasteiger partial charge < -0.3 is 10.1 Å². The van der Waals surface area contributed by atoms with Gasteiger partial charge in [-0.15, -0.1) is 0 Å². The number of halogens is 2. The number of rotatable bonds is 1. The average molecular weight is 246 g/mol. The van der Waals surface area contributed by atoms with Gasteiger partial charge in [0, 0.05) is 6.07 Å². The lowest BCUT2D eigenvalue weighted by Gasteiger charge is -1.99. The van der Waals surface area contributed by atoms with E-state index < -0.39 is 11.6 Å². The third-order valence-electron chi connectivity index (χ3n) is 2.67. The van der Waals surface area contributed by atoms with Gasteiger partial charge in [-0.1, -0.05) is 6.07 Å². The number of H-pyrrole nitrogens is 1. The van der Waals surface area contributed by atoms with Gasteiger partial charge in [0.1, 0.15) is 22.9 Å². The van der Waals surface area contributed by atoms with Crippen LogP contribution in [0.5, 0.6) is 5.75 Å². The number of hydrogen-bond acceptors (Lipinski definition) is 2. The molecule has 0 radical (unpaired) electrons. The molecule has 0 fully saturated rings. The molecule has 18 heavy (non-hydrogen) atoms. The van der Waals surface area contributed by atoms with E-state index in [4.69, 9.17) is 5.11 Å². The second kappa shape index (κ2) is 3.80. The van der Waals surface area contributed by atoms with Crippen molar-refractivity contribution in [3.63, 3.8) is 0 Å². The summed E-state index contributed by atoms with van der Waals surface area (Å²) >= 11 is 0. The summed E-state index contributed by atoms with van der Waals surface area (Å²) < 4.78 is 27.1. The fourth-order valence-electron chi connectivity index (χ4n) is 1.82. The van der Waals surface area contributed by atoms with Crippen molar-refractivity contribution in [2.45, 2.75) is 0 Å². The van der Waals surface area contributed by atoms with Crippen molar-refractivity contribution in [3.8, 4) is 17.1 Å². The Morgan fingerprint density at radius 2 is 1.89 bits per heavy atom. The van der Waals surface area contributed by atoms with E-state index >= 15 is 0 Å². The summed E-state index contributed by atoms with van der Waals surface area (Å²) in [7, 11) is 0. The lowest BCUT2D eigenvalue weighted by Crippen LogP contribution is -1.85. The number of aromatic hydroxyl groups is 1. The second-order valence-electron chi connectivity index (χ2n) is 3.89. The van der Waals surface area contributed by atoms with E-state index in [1.807, 2.05) is 0 Å². The Labute approximate surface area is 101 Å². The van der Waals surface area contributed by atoms with E-state index in [0.717, 1.165) is 6.07 Å². The highest BCUT2D eigenvalue weighted by Crippen LogP contribution is 2.26. The molecule has 0 saturated heterocycles. The van der Waals surface area contributed by atoms with Gasteiger partial charge in [0.25, 0.3) is 0 Å². The smallest absolute Gasteiger partial charge is 0.151 e. The van der Waals surface area contributed by atoms with Crippen molar-refractivity contribution in [3.05, 3.63) is 48.0 Å². The Morgan fingerprint density at radius 3 is 2.61 bits per heavy atom.